The van der Waals surface area contributed by atoms with Crippen molar-refractivity contribution >= 4 is 18.0 Å². The molecule has 9 nitrogen and oxygen atoms in total. The molecule has 0 fully saturated rings. The van der Waals surface area contributed by atoms with E-state index >= 15 is 0 Å². The maximum absolute atomic E-state index is 13.1. The monoisotopic (exact) mass is 435 g/mol. The molecule has 32 heavy (non-hydrogen) atoms. The molecule has 3 aromatic rings. The molecule has 0 radical (unpaired) electrons. The lowest BCUT2D eigenvalue weighted by atomic mass is 10.2. The third-order valence-corrected chi connectivity index (χ3v) is 4.78. The highest BCUT2D eigenvalue weighted by molar-refractivity contribution is 5.85. The van der Waals surface area contributed by atoms with Crippen LogP contribution in [0.3, 0.4) is 0 Å². The van der Waals surface area contributed by atoms with Crippen LogP contribution in [0.1, 0.15) is 17.0 Å². The van der Waals surface area contributed by atoms with Crippen molar-refractivity contribution in [2.45, 2.75) is 19.6 Å². The second-order valence-electron chi connectivity index (χ2n) is 7.02. The minimum Gasteiger partial charge on any atom is -0.497 e. The summed E-state index contributed by atoms with van der Waals surface area (Å²) < 4.78 is 6.73. The van der Waals surface area contributed by atoms with Gasteiger partial charge in [0.1, 0.15) is 18.5 Å². The van der Waals surface area contributed by atoms with Crippen LogP contribution in [0, 0.1) is 0 Å². The fourth-order valence-electron chi connectivity index (χ4n) is 3.09. The summed E-state index contributed by atoms with van der Waals surface area (Å²) >= 11 is 0. The fraction of sp³-hybridized carbons (Fsp3) is 0.217. The van der Waals surface area contributed by atoms with Crippen molar-refractivity contribution in [1.82, 2.24) is 19.8 Å². The predicted octanol–water partition coefficient (Wildman–Crippen LogP) is 2.04. The first kappa shape index (κ1) is 22.5. The summed E-state index contributed by atoms with van der Waals surface area (Å²) in [4.78, 5) is 31.2. The maximum Gasteiger partial charge on any atom is 0.243 e. The smallest absolute Gasteiger partial charge is 0.243 e. The third kappa shape index (κ3) is 6.43. The molecule has 0 spiro atoms. The molecule has 2 amide bonds. The van der Waals surface area contributed by atoms with Gasteiger partial charge < -0.3 is 24.7 Å². The summed E-state index contributed by atoms with van der Waals surface area (Å²) in [6, 6.07) is 16.9. The molecule has 166 valence electrons. The Hall–Kier alpha value is -4.14. The SMILES string of the molecule is COc1ccc(CN(CC(=O)NCc2ccccc2)C(=O)Cn2ccnc2/C=N/O)cc1. The number of rotatable bonds is 10. The Labute approximate surface area is 185 Å². The first-order valence-electron chi connectivity index (χ1n) is 9.99. The number of methoxy groups -OCH3 is 1. The highest BCUT2D eigenvalue weighted by Gasteiger charge is 2.19. The van der Waals surface area contributed by atoms with Crippen LogP contribution in [0.4, 0.5) is 0 Å². The lowest BCUT2D eigenvalue weighted by Crippen LogP contribution is -2.41. The van der Waals surface area contributed by atoms with Crippen LogP contribution >= 0.6 is 0 Å². The highest BCUT2D eigenvalue weighted by Crippen LogP contribution is 2.13. The van der Waals surface area contributed by atoms with Crippen LogP contribution in [0.5, 0.6) is 5.75 Å². The minimum atomic E-state index is -0.277. The van der Waals surface area contributed by atoms with Crippen LogP contribution in [-0.2, 0) is 29.2 Å². The molecular weight excluding hydrogens is 410 g/mol. The molecule has 0 aliphatic carbocycles. The van der Waals surface area contributed by atoms with Gasteiger partial charge >= 0.3 is 0 Å². The highest BCUT2D eigenvalue weighted by atomic mass is 16.5. The number of imidazole rings is 1. The van der Waals surface area contributed by atoms with E-state index in [1.165, 1.54) is 11.1 Å². The molecule has 1 aromatic heterocycles. The number of benzene rings is 2. The quantitative estimate of drug-likeness (QED) is 0.288. The Kier molecular flexibility index (Phi) is 7.96. The largest absolute Gasteiger partial charge is 0.497 e. The number of aromatic nitrogens is 2. The lowest BCUT2D eigenvalue weighted by molar-refractivity contribution is -0.137. The molecule has 0 aliphatic rings. The van der Waals surface area contributed by atoms with Crippen molar-refractivity contribution in [3.8, 4) is 5.75 Å². The van der Waals surface area contributed by atoms with Gasteiger partial charge in [0.05, 0.1) is 13.7 Å². The van der Waals surface area contributed by atoms with E-state index in [-0.39, 0.29) is 31.4 Å². The summed E-state index contributed by atoms with van der Waals surface area (Å²) in [5, 5.41) is 14.6. The first-order valence-corrected chi connectivity index (χ1v) is 9.99. The molecule has 0 bridgehead atoms. The normalized spacial score (nSPS) is 10.8. The zero-order valence-electron chi connectivity index (χ0n) is 17.7. The molecule has 2 N–H and O–H groups in total. The van der Waals surface area contributed by atoms with E-state index < -0.39 is 0 Å². The molecule has 2 aromatic carbocycles. The van der Waals surface area contributed by atoms with E-state index in [1.807, 2.05) is 42.5 Å². The van der Waals surface area contributed by atoms with Crippen LogP contribution < -0.4 is 10.1 Å². The fourth-order valence-corrected chi connectivity index (χ4v) is 3.09. The molecule has 0 aliphatic heterocycles. The van der Waals surface area contributed by atoms with E-state index in [0.717, 1.165) is 17.3 Å². The number of ether oxygens (including phenoxy) is 1. The van der Waals surface area contributed by atoms with Crippen LogP contribution in [0.2, 0.25) is 0 Å². The Morgan fingerprint density at radius 1 is 1.16 bits per heavy atom. The van der Waals surface area contributed by atoms with Gasteiger partial charge in [-0.3, -0.25) is 9.59 Å². The van der Waals surface area contributed by atoms with E-state index in [1.54, 1.807) is 30.0 Å². The van der Waals surface area contributed by atoms with Gasteiger partial charge in [-0.2, -0.15) is 0 Å². The average molecular weight is 435 g/mol. The number of amides is 2. The molecule has 0 unspecified atom stereocenters. The molecule has 0 saturated heterocycles. The first-order chi connectivity index (χ1) is 15.6. The Morgan fingerprint density at radius 3 is 2.59 bits per heavy atom. The zero-order chi connectivity index (χ0) is 22.8. The number of oxime groups is 1. The number of nitrogens with zero attached hydrogens (tertiary/aromatic N) is 4. The average Bonchev–Trinajstić information content (AvgIpc) is 3.25. The van der Waals surface area contributed by atoms with E-state index in [2.05, 4.69) is 15.5 Å². The van der Waals surface area contributed by atoms with E-state index in [9.17, 15) is 9.59 Å². The molecule has 0 saturated carbocycles. The topological polar surface area (TPSA) is 109 Å². The maximum atomic E-state index is 13.1. The van der Waals surface area contributed by atoms with Gasteiger partial charge in [0.2, 0.25) is 11.8 Å². The van der Waals surface area contributed by atoms with Crippen molar-refractivity contribution in [2.24, 2.45) is 5.16 Å². The number of hydrogen-bond donors (Lipinski definition) is 2. The van der Waals surface area contributed by atoms with Crippen molar-refractivity contribution in [2.75, 3.05) is 13.7 Å². The number of carbonyl (C=O) groups excluding carboxylic acids is 2. The van der Waals surface area contributed by atoms with Crippen LogP contribution in [0.25, 0.3) is 0 Å². The standard InChI is InChI=1S/C23H25N5O4/c1-32-20-9-7-19(8-10-20)15-28(16-22(29)25-13-18-5-3-2-4-6-18)23(30)17-27-12-11-24-21(27)14-26-31/h2-12,14,31H,13,15-17H2,1H3,(H,25,29)/b26-14+. The van der Waals surface area contributed by atoms with Gasteiger partial charge in [0.15, 0.2) is 5.82 Å². The summed E-state index contributed by atoms with van der Waals surface area (Å²) in [7, 11) is 1.58. The summed E-state index contributed by atoms with van der Waals surface area (Å²) in [5.41, 5.74) is 1.83. The lowest BCUT2D eigenvalue weighted by Gasteiger charge is -2.23. The second-order valence-corrected chi connectivity index (χ2v) is 7.02. The summed E-state index contributed by atoms with van der Waals surface area (Å²) in [6.45, 7) is 0.474. The van der Waals surface area contributed by atoms with Crippen molar-refractivity contribution in [3.05, 3.63) is 83.9 Å². The Balaban J connectivity index is 1.70. The molecule has 1 heterocycles. The number of hydrogen-bond acceptors (Lipinski definition) is 6. The van der Waals surface area contributed by atoms with Crippen LogP contribution in [0.15, 0.2) is 72.1 Å². The second kappa shape index (κ2) is 11.3. The Bertz CT molecular complexity index is 1050. The number of nitrogens with one attached hydrogen (secondary N) is 1. The van der Waals surface area contributed by atoms with Crippen molar-refractivity contribution in [1.29, 1.82) is 0 Å². The van der Waals surface area contributed by atoms with Gasteiger partial charge in [-0.25, -0.2) is 4.98 Å². The van der Waals surface area contributed by atoms with Crippen molar-refractivity contribution < 1.29 is 19.5 Å². The molecule has 9 heteroatoms. The third-order valence-electron chi connectivity index (χ3n) is 4.78. The van der Waals surface area contributed by atoms with Gasteiger partial charge in [-0.1, -0.05) is 47.6 Å². The van der Waals surface area contributed by atoms with Gasteiger partial charge in [-0.15, -0.1) is 0 Å². The number of carbonyl (C=O) groups is 2. The van der Waals surface area contributed by atoms with Gasteiger partial charge in [0.25, 0.3) is 0 Å². The molecule has 0 atom stereocenters. The van der Waals surface area contributed by atoms with Crippen LogP contribution in [-0.4, -0.2) is 51.3 Å². The summed E-state index contributed by atoms with van der Waals surface area (Å²) in [5.74, 6) is 0.497. The summed E-state index contributed by atoms with van der Waals surface area (Å²) in [6.07, 6.45) is 4.26. The molecule has 3 rings (SSSR count). The Morgan fingerprint density at radius 2 is 1.91 bits per heavy atom. The van der Waals surface area contributed by atoms with Gasteiger partial charge in [0, 0.05) is 25.5 Å². The predicted molar refractivity (Wildman–Crippen MR) is 118 cm³/mol. The minimum absolute atomic E-state index is 0.0521. The van der Waals surface area contributed by atoms with Gasteiger partial charge in [-0.05, 0) is 23.3 Å². The zero-order valence-corrected chi connectivity index (χ0v) is 17.7. The van der Waals surface area contributed by atoms with E-state index in [0.29, 0.717) is 18.1 Å². The molecular formula is C23H25N5O4. The van der Waals surface area contributed by atoms with Crippen molar-refractivity contribution in [3.63, 3.8) is 0 Å². The van der Waals surface area contributed by atoms with E-state index in [4.69, 9.17) is 9.94 Å².